The zero-order valence-electron chi connectivity index (χ0n) is 32.1. The van der Waals surface area contributed by atoms with E-state index in [-0.39, 0.29) is 43.2 Å². The van der Waals surface area contributed by atoms with E-state index >= 15 is 0 Å². The lowest BCUT2D eigenvalue weighted by Crippen LogP contribution is -2.41. The van der Waals surface area contributed by atoms with Gasteiger partial charge in [-0.15, -0.1) is 0 Å². The number of alkyl halides is 6. The minimum absolute atomic E-state index is 0.0463. The van der Waals surface area contributed by atoms with Gasteiger partial charge < -0.3 is 28.8 Å². The van der Waals surface area contributed by atoms with E-state index in [0.717, 1.165) is 62.4 Å². The normalized spacial score (nSPS) is 19.2. The molecule has 15 heteroatoms. The van der Waals surface area contributed by atoms with Gasteiger partial charge in [0.15, 0.2) is 5.78 Å². The number of carbonyl (C=O) groups excluding carboxylic acids is 1. The molecule has 7 rings (SSSR count). The van der Waals surface area contributed by atoms with Crippen LogP contribution in [0.5, 0.6) is 0 Å². The van der Waals surface area contributed by atoms with Crippen molar-refractivity contribution in [2.45, 2.75) is 68.6 Å². The Kier molecular flexibility index (Phi) is 17.0. The third-order valence-electron chi connectivity index (χ3n) is 9.71. The van der Waals surface area contributed by atoms with Gasteiger partial charge in [-0.05, 0) is 80.0 Å². The first kappa shape index (κ1) is 45.7. The van der Waals surface area contributed by atoms with Crippen LogP contribution in [-0.4, -0.2) is 83.2 Å². The van der Waals surface area contributed by atoms with Crippen LogP contribution in [0.15, 0.2) is 109 Å². The summed E-state index contributed by atoms with van der Waals surface area (Å²) in [4.78, 5) is 13.7. The average Bonchev–Trinajstić information content (AvgIpc) is 3.96. The van der Waals surface area contributed by atoms with Gasteiger partial charge in [0, 0.05) is 38.4 Å². The number of Topliss-reactive ketones (excluding diaryl/α,β-unsaturated/α-hetero) is 1. The quantitative estimate of drug-likeness (QED) is 0.109. The fraction of sp³-hybridized carbons (Fsp3) is 0.405. The van der Waals surface area contributed by atoms with Crippen molar-refractivity contribution in [3.63, 3.8) is 0 Å². The number of aliphatic hydroxyl groups is 1. The van der Waals surface area contributed by atoms with E-state index in [1.807, 2.05) is 0 Å². The highest BCUT2D eigenvalue weighted by molar-refractivity contribution is 6.48. The molecule has 3 fully saturated rings. The molecule has 2 radical (unpaired) electrons. The van der Waals surface area contributed by atoms with Crippen LogP contribution in [0.2, 0.25) is 6.82 Å². The lowest BCUT2D eigenvalue weighted by Gasteiger charge is -2.36. The molecule has 0 amide bonds. The molecule has 0 aromatic heterocycles. The zero-order chi connectivity index (χ0) is 41.6. The van der Waals surface area contributed by atoms with Crippen molar-refractivity contribution in [2.24, 2.45) is 0 Å². The number of ketones is 1. The molecule has 7 nitrogen and oxygen atoms in total. The fourth-order valence-corrected chi connectivity index (χ4v) is 6.95. The maximum Gasteiger partial charge on any atom is 0.416 e. The maximum atomic E-state index is 12.2. The van der Waals surface area contributed by atoms with Crippen LogP contribution in [0, 0.1) is 0 Å². The van der Waals surface area contributed by atoms with E-state index in [2.05, 4.69) is 81.8 Å². The van der Waals surface area contributed by atoms with Gasteiger partial charge in [0.1, 0.15) is 26.2 Å². The minimum atomic E-state index is -4.37. The minimum Gasteiger partial charge on any atom is -0.406 e. The number of carbonyl (C=O) groups is 1. The van der Waals surface area contributed by atoms with E-state index in [1.54, 1.807) is 0 Å². The summed E-state index contributed by atoms with van der Waals surface area (Å²) in [6.45, 7) is 4.12. The number of hydrogen-bond acceptors (Lipinski definition) is 7. The van der Waals surface area contributed by atoms with Crippen LogP contribution in [0.25, 0.3) is 0 Å². The standard InChI is InChI=1S/C18H20BNO.C10H11F3O2.C10H9F3O2.C4H7BO/c1-19-20-14-8-13-17(20)18(21-19,15-9-4-2-5-10-15)16-11-6-3-7-12-16;2*1-15-6-9(14)7-2-4-8(5-3-7)10(11,12)13;5-4-2-1-3-6-4/h2-7,9-12,17H,8,13-14H2,1H3;2-5,9,14H,6H2,1H3;2-5H,6H2,1H3;4H,1-3H2/t;9-;;/m.1../s1. The van der Waals surface area contributed by atoms with Gasteiger partial charge in [-0.3, -0.25) is 4.79 Å². The molecule has 0 saturated carbocycles. The Bertz CT molecular complexity index is 1740. The summed E-state index contributed by atoms with van der Waals surface area (Å²) in [6, 6.07) is 30.4. The van der Waals surface area contributed by atoms with Gasteiger partial charge in [0.25, 0.3) is 0 Å². The Morgan fingerprint density at radius 3 is 1.77 bits per heavy atom. The topological polar surface area (TPSA) is 77.5 Å². The molecule has 3 aliphatic rings. The fourth-order valence-electron chi connectivity index (χ4n) is 6.95. The van der Waals surface area contributed by atoms with Crippen LogP contribution in [0.3, 0.4) is 0 Å². The van der Waals surface area contributed by atoms with Crippen LogP contribution in [0.1, 0.15) is 70.0 Å². The van der Waals surface area contributed by atoms with Crippen LogP contribution in [0.4, 0.5) is 26.3 Å². The molecule has 304 valence electrons. The van der Waals surface area contributed by atoms with Gasteiger partial charge in [-0.25, -0.2) is 0 Å². The van der Waals surface area contributed by atoms with Crippen LogP contribution in [-0.2, 0) is 36.8 Å². The van der Waals surface area contributed by atoms with Gasteiger partial charge in [0.2, 0.25) is 0 Å². The highest BCUT2D eigenvalue weighted by atomic mass is 19.4. The number of ether oxygens (including phenoxy) is 3. The molecule has 57 heavy (non-hydrogen) atoms. The third-order valence-corrected chi connectivity index (χ3v) is 9.71. The molecule has 0 bridgehead atoms. The Labute approximate surface area is 331 Å². The first-order valence-electron chi connectivity index (χ1n) is 18.6. The molecule has 3 atom stereocenters. The number of fused-ring (bicyclic) bond motifs is 1. The van der Waals surface area contributed by atoms with Crippen molar-refractivity contribution in [1.29, 1.82) is 0 Å². The van der Waals surface area contributed by atoms with E-state index < -0.39 is 29.6 Å². The number of aliphatic hydroxyl groups excluding tert-OH is 1. The molecule has 0 spiro atoms. The van der Waals surface area contributed by atoms with Gasteiger partial charge >= 0.3 is 19.4 Å². The first-order valence-corrected chi connectivity index (χ1v) is 18.6. The number of rotatable bonds is 8. The number of nitrogens with zero attached hydrogens (tertiary/aromatic N) is 1. The summed E-state index contributed by atoms with van der Waals surface area (Å²) in [5.41, 5.74) is 1.36. The van der Waals surface area contributed by atoms with Gasteiger partial charge in [0.05, 0.1) is 17.7 Å². The van der Waals surface area contributed by atoms with E-state index in [0.29, 0.717) is 11.6 Å². The summed E-state index contributed by atoms with van der Waals surface area (Å²) >= 11 is 0. The van der Waals surface area contributed by atoms with E-state index in [9.17, 15) is 36.2 Å². The predicted octanol–water partition coefficient (Wildman–Crippen LogP) is 8.75. The second-order valence-corrected chi connectivity index (χ2v) is 13.7. The number of hydrogen-bond donors (Lipinski definition) is 1. The van der Waals surface area contributed by atoms with Crippen molar-refractivity contribution in [3.05, 3.63) is 143 Å². The first-order chi connectivity index (χ1) is 27.1. The smallest absolute Gasteiger partial charge is 0.406 e. The number of halogens is 6. The number of benzene rings is 4. The van der Waals surface area contributed by atoms with Crippen LogP contribution < -0.4 is 0 Å². The maximum absolute atomic E-state index is 12.2. The molecule has 4 aromatic rings. The summed E-state index contributed by atoms with van der Waals surface area (Å²) in [7, 11) is 8.25. The van der Waals surface area contributed by atoms with Crippen molar-refractivity contribution in [2.75, 3.05) is 40.6 Å². The summed E-state index contributed by atoms with van der Waals surface area (Å²) in [5, 5.41) is 9.41. The Hall–Kier alpha value is -3.98. The highest BCUT2D eigenvalue weighted by Crippen LogP contribution is 2.48. The van der Waals surface area contributed by atoms with Crippen LogP contribution >= 0.6 is 0 Å². The van der Waals surface area contributed by atoms with Crippen molar-refractivity contribution in [3.8, 4) is 0 Å². The third kappa shape index (κ3) is 12.5. The SMILES string of the molecule is CB1OC(c2ccccc2)(c2ccccc2)C2CCCN12.COCC(=O)c1ccc(C(F)(F)F)cc1.COC[C@@H](O)c1ccc(C(F)(F)F)cc1.[B]C1CCCO1. The molecule has 3 heterocycles. The van der Waals surface area contributed by atoms with E-state index in [4.69, 9.17) is 17.2 Å². The predicted molar refractivity (Wildman–Crippen MR) is 207 cm³/mol. The second kappa shape index (κ2) is 21.1. The summed E-state index contributed by atoms with van der Waals surface area (Å²) in [5.74, 6) is -0.341. The Balaban J connectivity index is 0.000000180. The zero-order valence-corrected chi connectivity index (χ0v) is 32.1. The summed E-state index contributed by atoms with van der Waals surface area (Å²) in [6.07, 6.45) is -4.96. The molecular formula is C42H47B2F6NO6. The largest absolute Gasteiger partial charge is 0.416 e. The van der Waals surface area contributed by atoms with Crippen molar-refractivity contribution in [1.82, 2.24) is 4.81 Å². The molecule has 3 aliphatic heterocycles. The molecule has 1 N–H and O–H groups in total. The lowest BCUT2D eigenvalue weighted by atomic mass is 9.79. The van der Waals surface area contributed by atoms with Gasteiger partial charge in [-0.1, -0.05) is 84.9 Å². The van der Waals surface area contributed by atoms with Crippen molar-refractivity contribution >= 4 is 20.7 Å². The molecule has 3 saturated heterocycles. The monoisotopic (exact) mass is 797 g/mol. The highest BCUT2D eigenvalue weighted by Gasteiger charge is 2.56. The van der Waals surface area contributed by atoms with Gasteiger partial charge in [-0.2, -0.15) is 26.3 Å². The second-order valence-electron chi connectivity index (χ2n) is 13.7. The molecule has 2 unspecified atom stereocenters. The molecule has 0 aliphatic carbocycles. The lowest BCUT2D eigenvalue weighted by molar-refractivity contribution is -0.138. The Morgan fingerprint density at radius 1 is 0.825 bits per heavy atom. The average molecular weight is 797 g/mol. The van der Waals surface area contributed by atoms with Crippen molar-refractivity contribution < 1.29 is 55.1 Å². The molecular weight excluding hydrogens is 750 g/mol. The van der Waals surface area contributed by atoms with E-state index in [1.165, 1.54) is 50.3 Å². The Morgan fingerprint density at radius 2 is 1.35 bits per heavy atom. The number of methoxy groups -OCH3 is 2. The molecule has 4 aromatic carbocycles. The summed E-state index contributed by atoms with van der Waals surface area (Å²) < 4.78 is 93.8.